The molecule has 0 aliphatic carbocycles. The average molecular weight is 471 g/mol. The minimum absolute atomic E-state index is 0.191. The topological polar surface area (TPSA) is 41.6 Å². The molecule has 1 aromatic rings. The highest BCUT2D eigenvalue weighted by Crippen LogP contribution is 2.07. The maximum atomic E-state index is 12.5. The highest BCUT2D eigenvalue weighted by atomic mass is 19.1. The van der Waals surface area contributed by atoms with Crippen LogP contribution in [-0.2, 0) is 9.53 Å². The van der Waals surface area contributed by atoms with E-state index in [1.54, 1.807) is 12.1 Å². The summed E-state index contributed by atoms with van der Waals surface area (Å²) >= 11 is 0. The van der Waals surface area contributed by atoms with E-state index in [1.165, 1.54) is 50.1 Å². The van der Waals surface area contributed by atoms with Crippen molar-refractivity contribution in [3.05, 3.63) is 41.2 Å². The molecule has 0 bridgehead atoms. The van der Waals surface area contributed by atoms with Gasteiger partial charge in [0.05, 0.1) is 0 Å². The van der Waals surface area contributed by atoms with Crippen molar-refractivity contribution in [2.24, 2.45) is 0 Å². The van der Waals surface area contributed by atoms with Crippen LogP contribution in [0.4, 0.5) is 4.39 Å². The number of carbonyl (C=O) groups is 1. The van der Waals surface area contributed by atoms with Crippen molar-refractivity contribution in [2.75, 3.05) is 33.7 Å². The van der Waals surface area contributed by atoms with Gasteiger partial charge in [0.25, 0.3) is 6.47 Å². The van der Waals surface area contributed by atoms with Crippen molar-refractivity contribution in [2.45, 2.75) is 94.1 Å². The lowest BCUT2D eigenvalue weighted by molar-refractivity contribution is -0.138. The predicted octanol–water partition coefficient (Wildman–Crippen LogP) is 7.59. The van der Waals surface area contributed by atoms with Crippen LogP contribution in [-0.4, -0.2) is 50.7 Å². The summed E-state index contributed by atoms with van der Waals surface area (Å²) in [5.41, 5.74) is 1.95. The molecular weight excluding hydrogens is 415 g/mol. The Morgan fingerprint density at radius 2 is 1.48 bits per heavy atom. The molecule has 1 saturated heterocycles. The van der Waals surface area contributed by atoms with E-state index in [9.17, 15) is 9.18 Å². The number of benzene rings is 1. The van der Waals surface area contributed by atoms with Gasteiger partial charge in [0.1, 0.15) is 11.4 Å². The number of likely N-dealkylation sites (tertiary alicyclic amines) is 1. The van der Waals surface area contributed by atoms with Gasteiger partial charge in [0.15, 0.2) is 0 Å². The molecule has 0 saturated carbocycles. The Morgan fingerprint density at radius 3 is 1.73 bits per heavy atom. The first-order valence-electron chi connectivity index (χ1n) is 12.5. The standard InChI is InChI=1S/C11H14FN.C5H11N.C5H10O2.C3H8.2C2H6/c1-9(8-13-2)7-10-3-5-11(12)6-4-10;1-6-4-2-3-5-6;1-5(2,3)7-4-6;1-3-2;2*1-2/h3-7,13H,8H2,1-2H3;2-5H2,1H3;4H,1-3H3;3H2,1-2H3;2*1-2H3/b9-7+;;;;;. The average Bonchev–Trinajstić information content (AvgIpc) is 3.24. The summed E-state index contributed by atoms with van der Waals surface area (Å²) in [5, 5.41) is 3.06. The molecule has 0 spiro atoms. The van der Waals surface area contributed by atoms with Crippen molar-refractivity contribution in [1.82, 2.24) is 10.2 Å². The van der Waals surface area contributed by atoms with Gasteiger partial charge in [-0.25, -0.2) is 4.39 Å². The lowest BCUT2D eigenvalue weighted by atomic mass is 10.1. The van der Waals surface area contributed by atoms with Crippen molar-refractivity contribution in [1.29, 1.82) is 0 Å². The van der Waals surface area contributed by atoms with Crippen LogP contribution in [0.1, 0.15) is 94.1 Å². The molecule has 0 radical (unpaired) electrons. The van der Waals surface area contributed by atoms with Gasteiger partial charge in [-0.3, -0.25) is 4.79 Å². The molecule has 1 fully saturated rings. The van der Waals surface area contributed by atoms with Crippen molar-refractivity contribution >= 4 is 12.5 Å². The van der Waals surface area contributed by atoms with Crippen LogP contribution in [0.5, 0.6) is 0 Å². The van der Waals surface area contributed by atoms with Gasteiger partial charge in [-0.15, -0.1) is 0 Å². The Bertz CT molecular complexity index is 532. The van der Waals surface area contributed by atoms with Gasteiger partial charge in [0.2, 0.25) is 0 Å². The first kappa shape index (κ1) is 38.5. The fourth-order valence-electron chi connectivity index (χ4n) is 2.19. The second-order valence-corrected chi connectivity index (χ2v) is 8.12. The van der Waals surface area contributed by atoms with E-state index in [-0.39, 0.29) is 11.4 Å². The molecule has 1 N–H and O–H groups in total. The Kier molecular flexibility index (Phi) is 33.1. The second kappa shape index (κ2) is 28.3. The third-order valence-electron chi connectivity index (χ3n) is 3.47. The number of ether oxygens (including phenoxy) is 1. The molecule has 1 aliphatic heterocycles. The van der Waals surface area contributed by atoms with Crippen LogP contribution in [0.15, 0.2) is 29.8 Å². The van der Waals surface area contributed by atoms with Gasteiger partial charge >= 0.3 is 0 Å². The summed E-state index contributed by atoms with van der Waals surface area (Å²) in [6.07, 6.45) is 6.11. The summed E-state index contributed by atoms with van der Waals surface area (Å²) in [4.78, 5) is 12.0. The third kappa shape index (κ3) is 35.1. The Labute approximate surface area is 206 Å². The molecule has 0 aromatic heterocycles. The molecule has 33 heavy (non-hydrogen) atoms. The van der Waals surface area contributed by atoms with Crippen molar-refractivity contribution in [3.8, 4) is 0 Å². The first-order valence-corrected chi connectivity index (χ1v) is 12.5. The van der Waals surface area contributed by atoms with Gasteiger partial charge in [-0.05, 0) is 85.4 Å². The molecule has 4 nitrogen and oxygen atoms in total. The van der Waals surface area contributed by atoms with E-state index >= 15 is 0 Å². The van der Waals surface area contributed by atoms with E-state index in [4.69, 9.17) is 0 Å². The monoisotopic (exact) mass is 470 g/mol. The Hall–Kier alpha value is -1.72. The minimum Gasteiger partial charge on any atom is -0.462 e. The zero-order valence-electron chi connectivity index (χ0n) is 23.8. The zero-order valence-corrected chi connectivity index (χ0v) is 23.8. The highest BCUT2D eigenvalue weighted by Gasteiger charge is 2.07. The maximum absolute atomic E-state index is 12.5. The molecule has 1 aliphatic rings. The van der Waals surface area contributed by atoms with Crippen LogP contribution < -0.4 is 5.32 Å². The second-order valence-electron chi connectivity index (χ2n) is 8.12. The number of hydrogen-bond acceptors (Lipinski definition) is 4. The Morgan fingerprint density at radius 1 is 1.06 bits per heavy atom. The summed E-state index contributed by atoms with van der Waals surface area (Å²) in [6.45, 7) is 23.7. The van der Waals surface area contributed by atoms with Crippen molar-refractivity contribution in [3.63, 3.8) is 0 Å². The van der Waals surface area contributed by atoms with Crippen molar-refractivity contribution < 1.29 is 13.9 Å². The van der Waals surface area contributed by atoms with E-state index in [0.717, 1.165) is 12.1 Å². The lowest BCUT2D eigenvalue weighted by Crippen LogP contribution is -2.17. The van der Waals surface area contributed by atoms with Gasteiger partial charge in [0, 0.05) is 6.54 Å². The van der Waals surface area contributed by atoms with Gasteiger partial charge in [-0.1, -0.05) is 71.7 Å². The smallest absolute Gasteiger partial charge is 0.293 e. The molecule has 196 valence electrons. The zero-order chi connectivity index (χ0) is 26.7. The molecular formula is C28H55FN2O2. The summed E-state index contributed by atoms with van der Waals surface area (Å²) in [6, 6.07) is 6.49. The molecule has 1 heterocycles. The normalized spacial score (nSPS) is 12.5. The Balaban J connectivity index is -0.000000179. The first-order chi connectivity index (χ1) is 15.6. The SMILES string of the molecule is CC.CC.CC(C)(C)OC=O.CCC.CN1CCCC1.CNC/C(C)=C/c1ccc(F)cc1. The number of likely N-dealkylation sites (N-methyl/N-ethyl adjacent to an activating group) is 1. The number of hydrogen-bond donors (Lipinski definition) is 1. The van der Waals surface area contributed by atoms with Crippen LogP contribution in [0.3, 0.4) is 0 Å². The molecule has 2 rings (SSSR count). The minimum atomic E-state index is -0.318. The van der Waals surface area contributed by atoms with E-state index in [1.807, 2.05) is 68.5 Å². The van der Waals surface area contributed by atoms with Crippen LogP contribution in [0.25, 0.3) is 6.08 Å². The predicted molar refractivity (Wildman–Crippen MR) is 146 cm³/mol. The molecule has 0 atom stereocenters. The van der Waals surface area contributed by atoms with E-state index in [0.29, 0.717) is 6.47 Å². The third-order valence-corrected chi connectivity index (χ3v) is 3.47. The summed E-state index contributed by atoms with van der Waals surface area (Å²) in [7, 11) is 4.08. The van der Waals surface area contributed by atoms with E-state index in [2.05, 4.69) is 35.8 Å². The fraction of sp³-hybridized carbons (Fsp3) is 0.679. The highest BCUT2D eigenvalue weighted by molar-refractivity contribution is 5.52. The molecule has 0 unspecified atom stereocenters. The molecule has 5 heteroatoms. The van der Waals surface area contributed by atoms with Crippen LogP contribution >= 0.6 is 0 Å². The molecule has 0 amide bonds. The number of nitrogens with one attached hydrogen (secondary N) is 1. The summed E-state index contributed by atoms with van der Waals surface area (Å²) < 4.78 is 17.1. The van der Waals surface area contributed by atoms with Crippen LogP contribution in [0.2, 0.25) is 0 Å². The number of nitrogens with zero attached hydrogens (tertiary/aromatic N) is 1. The maximum Gasteiger partial charge on any atom is 0.293 e. The fourth-order valence-corrected chi connectivity index (χ4v) is 2.19. The van der Waals surface area contributed by atoms with Gasteiger partial charge in [-0.2, -0.15) is 0 Å². The van der Waals surface area contributed by atoms with E-state index < -0.39 is 0 Å². The number of halogens is 1. The number of rotatable bonds is 4. The number of carbonyl (C=O) groups excluding carboxylic acids is 1. The molecule has 1 aromatic carbocycles. The lowest BCUT2D eigenvalue weighted by Gasteiger charge is -2.14. The quantitative estimate of drug-likeness (QED) is 0.460. The largest absolute Gasteiger partial charge is 0.462 e. The van der Waals surface area contributed by atoms with Crippen LogP contribution in [0, 0.1) is 5.82 Å². The van der Waals surface area contributed by atoms with Gasteiger partial charge < -0.3 is 15.0 Å². The summed E-state index contributed by atoms with van der Waals surface area (Å²) in [5.74, 6) is -0.191.